The summed E-state index contributed by atoms with van der Waals surface area (Å²) in [5.41, 5.74) is 5.60. The largest absolute Gasteiger partial charge is 0.481 e. The molecule has 14 nitrogen and oxygen atoms in total. The number of carbonyl (C=O) groups is 6. The number of aliphatic hydroxyl groups is 1. The summed E-state index contributed by atoms with van der Waals surface area (Å²) in [6.07, 6.45) is 1.52. The van der Waals surface area contributed by atoms with Crippen LogP contribution in [-0.4, -0.2) is 111 Å². The lowest BCUT2D eigenvalue weighted by molar-refractivity contribution is -0.149. The Morgan fingerprint density at radius 2 is 1.58 bits per heavy atom. The molecule has 4 amide bonds. The van der Waals surface area contributed by atoms with E-state index in [1.54, 1.807) is 6.92 Å². The van der Waals surface area contributed by atoms with E-state index in [2.05, 4.69) is 10.6 Å². The molecule has 0 aliphatic carbocycles. The normalized spacial score (nSPS) is 22.3. The van der Waals surface area contributed by atoms with Crippen LogP contribution in [0.25, 0.3) is 0 Å². The van der Waals surface area contributed by atoms with E-state index in [1.807, 2.05) is 6.92 Å². The molecule has 0 bridgehead atoms. The summed E-state index contributed by atoms with van der Waals surface area (Å²) in [4.78, 5) is 77.4. The Morgan fingerprint density at radius 3 is 2.13 bits per heavy atom. The van der Waals surface area contributed by atoms with Gasteiger partial charge in [-0.2, -0.15) is 0 Å². The third-order valence-electron chi connectivity index (χ3n) is 7.23. The lowest BCUT2D eigenvalue weighted by atomic mass is 9.97. The van der Waals surface area contributed by atoms with Gasteiger partial charge in [0.1, 0.15) is 30.2 Å². The van der Waals surface area contributed by atoms with Crippen LogP contribution in [0.5, 0.6) is 0 Å². The fraction of sp³-hybridized carbons (Fsp3) is 0.750. The van der Waals surface area contributed by atoms with Gasteiger partial charge < -0.3 is 41.5 Å². The summed E-state index contributed by atoms with van der Waals surface area (Å²) in [5.74, 6) is -5.10. The molecule has 2 heterocycles. The van der Waals surface area contributed by atoms with Gasteiger partial charge in [-0.05, 0) is 38.0 Å². The number of amides is 4. The number of carboxylic acid groups (broad SMARTS) is 2. The van der Waals surface area contributed by atoms with E-state index in [0.29, 0.717) is 32.1 Å². The third kappa shape index (κ3) is 7.63. The molecule has 38 heavy (non-hydrogen) atoms. The van der Waals surface area contributed by atoms with E-state index in [4.69, 9.17) is 10.8 Å². The van der Waals surface area contributed by atoms with Gasteiger partial charge in [-0.1, -0.05) is 20.3 Å². The molecule has 6 atom stereocenters. The van der Waals surface area contributed by atoms with Crippen molar-refractivity contribution in [3.05, 3.63) is 0 Å². The van der Waals surface area contributed by atoms with Crippen LogP contribution in [0.15, 0.2) is 0 Å². The van der Waals surface area contributed by atoms with Gasteiger partial charge in [0.05, 0.1) is 6.61 Å². The lowest BCUT2D eigenvalue weighted by Gasteiger charge is -2.34. The highest BCUT2D eigenvalue weighted by atomic mass is 16.4. The zero-order chi connectivity index (χ0) is 28.6. The third-order valence-corrected chi connectivity index (χ3v) is 7.23. The zero-order valence-electron chi connectivity index (χ0n) is 21.8. The van der Waals surface area contributed by atoms with E-state index in [1.165, 1.54) is 9.80 Å². The molecule has 2 rings (SSSR count). The molecule has 0 spiro atoms. The molecular weight excluding hydrogens is 502 g/mol. The molecule has 0 aromatic heterocycles. The minimum atomic E-state index is -1.41. The van der Waals surface area contributed by atoms with Crippen molar-refractivity contribution in [1.29, 1.82) is 0 Å². The van der Waals surface area contributed by atoms with E-state index < -0.39 is 78.8 Å². The molecule has 0 aromatic rings. The van der Waals surface area contributed by atoms with Crippen LogP contribution in [-0.2, 0) is 28.8 Å². The maximum absolute atomic E-state index is 13.6. The van der Waals surface area contributed by atoms with Crippen molar-refractivity contribution >= 4 is 35.6 Å². The van der Waals surface area contributed by atoms with Crippen LogP contribution in [0.1, 0.15) is 58.8 Å². The van der Waals surface area contributed by atoms with E-state index in [-0.39, 0.29) is 25.4 Å². The van der Waals surface area contributed by atoms with Crippen molar-refractivity contribution in [1.82, 2.24) is 20.4 Å². The monoisotopic (exact) mass is 541 g/mol. The van der Waals surface area contributed by atoms with Gasteiger partial charge in [0.25, 0.3) is 0 Å². The second-order valence-corrected chi connectivity index (χ2v) is 9.87. The Bertz CT molecular complexity index is 914. The van der Waals surface area contributed by atoms with Crippen molar-refractivity contribution in [2.45, 2.75) is 89.0 Å². The number of carbonyl (C=O) groups excluding carboxylic acids is 4. The molecule has 0 radical (unpaired) electrons. The Kier molecular flexibility index (Phi) is 11.4. The van der Waals surface area contributed by atoms with Gasteiger partial charge in [-0.15, -0.1) is 0 Å². The van der Waals surface area contributed by atoms with Gasteiger partial charge in [0, 0.05) is 19.5 Å². The minimum Gasteiger partial charge on any atom is -0.481 e. The van der Waals surface area contributed by atoms with Crippen LogP contribution in [0.4, 0.5) is 0 Å². The van der Waals surface area contributed by atoms with E-state index in [0.717, 1.165) is 0 Å². The molecule has 7 N–H and O–H groups in total. The highest BCUT2D eigenvalue weighted by Gasteiger charge is 2.44. The Hall–Kier alpha value is -3.26. The van der Waals surface area contributed by atoms with Crippen LogP contribution in [0, 0.1) is 5.92 Å². The summed E-state index contributed by atoms with van der Waals surface area (Å²) in [6.45, 7) is 3.58. The first kappa shape index (κ1) is 31.0. The van der Waals surface area contributed by atoms with Crippen molar-refractivity contribution in [2.75, 3.05) is 19.7 Å². The molecule has 2 aliphatic rings. The predicted molar refractivity (Wildman–Crippen MR) is 132 cm³/mol. The first-order valence-electron chi connectivity index (χ1n) is 13.0. The number of rotatable bonds is 13. The average molecular weight is 542 g/mol. The number of aliphatic carboxylic acids is 2. The van der Waals surface area contributed by atoms with Gasteiger partial charge in [-0.25, -0.2) is 4.79 Å². The Labute approximate surface area is 220 Å². The SMILES string of the molecule is CC[C@H](C)[C@H](NC(=O)[C@@H](N)CO)C(=O)N1CCC[C@H]1C(=O)N1CCC[C@H]1C(=O)N[C@@H](CCC(=O)O)C(=O)O. The quantitative estimate of drug-likeness (QED) is 0.154. The van der Waals surface area contributed by atoms with Crippen molar-refractivity contribution in [2.24, 2.45) is 11.7 Å². The Morgan fingerprint density at radius 1 is 0.974 bits per heavy atom. The number of nitrogens with zero attached hydrogens (tertiary/aromatic N) is 2. The second-order valence-electron chi connectivity index (χ2n) is 9.87. The standard InChI is InChI=1S/C24H39N5O9/c1-3-13(2)19(27-20(33)14(25)12-30)23(36)29-11-5-7-17(29)22(35)28-10-4-6-16(28)21(34)26-15(24(37)38)8-9-18(31)32/h13-17,19,30H,3-12,25H2,1-2H3,(H,26,34)(H,27,33)(H,31,32)(H,37,38)/t13-,14-,15-,16-,17-,19-/m0/s1. The summed E-state index contributed by atoms with van der Waals surface area (Å²) >= 11 is 0. The first-order valence-corrected chi connectivity index (χ1v) is 13.0. The number of nitrogens with two attached hydrogens (primary N) is 1. The number of hydrogen-bond donors (Lipinski definition) is 6. The highest BCUT2D eigenvalue weighted by Crippen LogP contribution is 2.27. The van der Waals surface area contributed by atoms with E-state index >= 15 is 0 Å². The number of carboxylic acids is 2. The maximum atomic E-state index is 13.6. The molecule has 14 heteroatoms. The number of hydrogen-bond acceptors (Lipinski definition) is 8. The topological polar surface area (TPSA) is 220 Å². The van der Waals surface area contributed by atoms with Crippen molar-refractivity contribution in [3.63, 3.8) is 0 Å². The van der Waals surface area contributed by atoms with Crippen LogP contribution >= 0.6 is 0 Å². The van der Waals surface area contributed by atoms with Crippen molar-refractivity contribution in [3.8, 4) is 0 Å². The number of nitrogens with one attached hydrogen (secondary N) is 2. The summed E-state index contributed by atoms with van der Waals surface area (Å²) in [7, 11) is 0. The molecule has 2 fully saturated rings. The predicted octanol–water partition coefficient (Wildman–Crippen LogP) is -1.75. The number of aliphatic hydroxyl groups excluding tert-OH is 1. The number of likely N-dealkylation sites (tertiary alicyclic amines) is 2. The Balaban J connectivity index is 2.16. The first-order chi connectivity index (χ1) is 17.9. The zero-order valence-corrected chi connectivity index (χ0v) is 21.8. The minimum absolute atomic E-state index is 0.249. The summed E-state index contributed by atoms with van der Waals surface area (Å²) in [6, 6.07) is -5.36. The van der Waals surface area contributed by atoms with Gasteiger partial charge >= 0.3 is 11.9 Å². The average Bonchev–Trinajstić information content (AvgIpc) is 3.57. The maximum Gasteiger partial charge on any atom is 0.326 e. The van der Waals surface area contributed by atoms with Crippen LogP contribution < -0.4 is 16.4 Å². The smallest absolute Gasteiger partial charge is 0.326 e. The molecular formula is C24H39N5O9. The van der Waals surface area contributed by atoms with E-state index in [9.17, 15) is 39.0 Å². The van der Waals surface area contributed by atoms with Crippen molar-refractivity contribution < 1.29 is 44.1 Å². The molecule has 214 valence electrons. The van der Waals surface area contributed by atoms with Crippen LogP contribution in [0.2, 0.25) is 0 Å². The van der Waals surface area contributed by atoms with Gasteiger partial charge in [0.2, 0.25) is 23.6 Å². The molecule has 2 aliphatic heterocycles. The highest BCUT2D eigenvalue weighted by molar-refractivity contribution is 5.96. The van der Waals surface area contributed by atoms with Gasteiger partial charge in [-0.3, -0.25) is 24.0 Å². The second kappa shape index (κ2) is 14.0. The fourth-order valence-corrected chi connectivity index (χ4v) is 4.78. The molecule has 0 aromatic carbocycles. The molecule has 2 saturated heterocycles. The van der Waals surface area contributed by atoms with Gasteiger partial charge in [0.15, 0.2) is 0 Å². The van der Waals surface area contributed by atoms with Crippen LogP contribution in [0.3, 0.4) is 0 Å². The molecule has 0 unspecified atom stereocenters. The summed E-state index contributed by atoms with van der Waals surface area (Å²) in [5, 5.41) is 32.3. The fourth-order valence-electron chi connectivity index (χ4n) is 4.78. The lowest BCUT2D eigenvalue weighted by Crippen LogP contribution is -2.59. The molecule has 0 saturated carbocycles. The summed E-state index contributed by atoms with van der Waals surface area (Å²) < 4.78 is 0.